The van der Waals surface area contributed by atoms with Gasteiger partial charge in [0.1, 0.15) is 11.4 Å². The second-order valence-electron chi connectivity index (χ2n) is 15.2. The third-order valence-electron chi connectivity index (χ3n) is 11.7. The maximum absolute atomic E-state index is 15.1. The number of halogens is 1. The molecule has 13 heteroatoms. The van der Waals surface area contributed by atoms with E-state index in [1.807, 2.05) is 71.6 Å². The van der Waals surface area contributed by atoms with Gasteiger partial charge in [0.05, 0.1) is 23.0 Å². The number of nitrogens with zero attached hydrogens (tertiary/aromatic N) is 7. The number of hydrogen-bond acceptors (Lipinski definition) is 8. The van der Waals surface area contributed by atoms with Gasteiger partial charge in [-0.2, -0.15) is 0 Å². The van der Waals surface area contributed by atoms with Crippen molar-refractivity contribution in [2.75, 3.05) is 51.5 Å². The van der Waals surface area contributed by atoms with Gasteiger partial charge in [-0.3, -0.25) is 19.4 Å². The van der Waals surface area contributed by atoms with Crippen molar-refractivity contribution in [2.45, 2.75) is 25.9 Å². The molecule has 1 unspecified atom stereocenters. The summed E-state index contributed by atoms with van der Waals surface area (Å²) >= 11 is 0. The van der Waals surface area contributed by atoms with E-state index in [1.165, 1.54) is 5.56 Å². The predicted octanol–water partition coefficient (Wildman–Crippen LogP) is 6.54. The SMILES string of the molecule is Cc1c(C(=O)N(c2ccc(O)cc2)c2cnc3c(ccn3C)c2)cc(-c2cc3c(cc2C(=O)N2Cc4ccccc4CC2CN2CCN(C)CC2)OCO3)n1C.Cl. The highest BCUT2D eigenvalue weighted by atomic mass is 35.5. The molecule has 1 atom stereocenters. The van der Waals surface area contributed by atoms with E-state index in [2.05, 4.69) is 40.0 Å². The van der Waals surface area contributed by atoms with Gasteiger partial charge in [-0.15, -0.1) is 12.4 Å². The number of aryl methyl sites for hydroxylation is 1. The summed E-state index contributed by atoms with van der Waals surface area (Å²) in [6.07, 6.45) is 4.40. The van der Waals surface area contributed by atoms with E-state index >= 15 is 4.79 Å². The summed E-state index contributed by atoms with van der Waals surface area (Å²) in [6.45, 7) is 7.17. The molecule has 57 heavy (non-hydrogen) atoms. The zero-order valence-corrected chi connectivity index (χ0v) is 33.3. The van der Waals surface area contributed by atoms with Crippen molar-refractivity contribution < 1.29 is 24.2 Å². The summed E-state index contributed by atoms with van der Waals surface area (Å²) < 4.78 is 15.6. The second-order valence-corrected chi connectivity index (χ2v) is 15.2. The normalized spacial score (nSPS) is 16.7. The first-order chi connectivity index (χ1) is 27.1. The highest BCUT2D eigenvalue weighted by molar-refractivity contribution is 6.13. The lowest BCUT2D eigenvalue weighted by Crippen LogP contribution is -2.53. The van der Waals surface area contributed by atoms with Crippen LogP contribution in [0, 0.1) is 6.92 Å². The first kappa shape index (κ1) is 38.1. The van der Waals surface area contributed by atoms with Gasteiger partial charge in [0, 0.05) is 93.6 Å². The molecule has 1 saturated heterocycles. The van der Waals surface area contributed by atoms with E-state index in [-0.39, 0.29) is 42.8 Å². The largest absolute Gasteiger partial charge is 0.508 e. The molecular formula is C44H46ClN7O5. The number of carbonyl (C=O) groups is 2. The van der Waals surface area contributed by atoms with E-state index in [0.29, 0.717) is 51.8 Å². The number of ether oxygens (including phenoxy) is 2. The van der Waals surface area contributed by atoms with Crippen LogP contribution < -0.4 is 14.4 Å². The van der Waals surface area contributed by atoms with E-state index in [1.54, 1.807) is 41.4 Å². The number of phenols is 1. The van der Waals surface area contributed by atoms with Crippen LogP contribution in [-0.4, -0.2) is 98.3 Å². The van der Waals surface area contributed by atoms with Gasteiger partial charge in [0.15, 0.2) is 11.5 Å². The van der Waals surface area contributed by atoms with Crippen molar-refractivity contribution in [3.63, 3.8) is 0 Å². The number of phenolic OH excluding ortho intramolecular Hbond substituents is 1. The Kier molecular flexibility index (Phi) is 10.2. The zero-order valence-electron chi connectivity index (χ0n) is 32.5. The number of likely N-dealkylation sites (N-methyl/N-ethyl adjacent to an activating group) is 1. The minimum absolute atomic E-state index is 0. The fraction of sp³-hybridized carbons (Fsp3) is 0.295. The molecule has 3 aliphatic rings. The van der Waals surface area contributed by atoms with Crippen LogP contribution in [0.25, 0.3) is 22.3 Å². The van der Waals surface area contributed by atoms with E-state index < -0.39 is 0 Å². The molecule has 0 saturated carbocycles. The van der Waals surface area contributed by atoms with E-state index in [0.717, 1.165) is 61.4 Å². The molecule has 294 valence electrons. The van der Waals surface area contributed by atoms with Crippen molar-refractivity contribution in [1.29, 1.82) is 0 Å². The summed E-state index contributed by atoms with van der Waals surface area (Å²) in [5.74, 6) is 0.801. The third kappa shape index (κ3) is 6.98. The van der Waals surface area contributed by atoms with E-state index in [9.17, 15) is 9.90 Å². The first-order valence-corrected chi connectivity index (χ1v) is 19.1. The van der Waals surface area contributed by atoms with Gasteiger partial charge in [0.2, 0.25) is 6.79 Å². The molecule has 3 aliphatic heterocycles. The van der Waals surface area contributed by atoms with Crippen LogP contribution in [0.1, 0.15) is 37.5 Å². The van der Waals surface area contributed by atoms with Crippen molar-refractivity contribution in [3.8, 4) is 28.5 Å². The van der Waals surface area contributed by atoms with Gasteiger partial charge in [-0.1, -0.05) is 24.3 Å². The van der Waals surface area contributed by atoms with Gasteiger partial charge < -0.3 is 33.5 Å². The monoisotopic (exact) mass is 787 g/mol. The van der Waals surface area contributed by atoms with Crippen molar-refractivity contribution in [3.05, 3.63) is 119 Å². The molecule has 2 amide bonds. The minimum Gasteiger partial charge on any atom is -0.508 e. The number of amides is 2. The van der Waals surface area contributed by atoms with Crippen LogP contribution in [-0.2, 0) is 27.1 Å². The fourth-order valence-electron chi connectivity index (χ4n) is 8.35. The summed E-state index contributed by atoms with van der Waals surface area (Å²) in [4.78, 5) is 43.2. The molecule has 0 radical (unpaired) electrons. The molecule has 6 heterocycles. The second kappa shape index (κ2) is 15.3. The summed E-state index contributed by atoms with van der Waals surface area (Å²) in [7, 11) is 6.00. The standard InChI is InChI=1S/C44H45N7O5.ClH/c1-28-36(44(54)51(32-9-11-35(52)12-10-32)33-20-30-13-14-47(3)42(30)45-24-33)21-39(48(28)4)37-22-40-41(56-27-55-40)23-38(37)43(53)50-25-31-8-6-5-7-29(31)19-34(50)26-49-17-15-46(2)16-18-49;/h5-14,20-24,34,52H,15-19,25-27H2,1-4H3;1H. The molecule has 9 rings (SSSR count). The Labute approximate surface area is 337 Å². The van der Waals surface area contributed by atoms with Crippen molar-refractivity contribution >= 4 is 46.6 Å². The molecule has 12 nitrogen and oxygen atoms in total. The maximum Gasteiger partial charge on any atom is 0.264 e. The molecule has 1 fully saturated rings. The number of piperazine rings is 1. The van der Waals surface area contributed by atoms with Gasteiger partial charge in [-0.05, 0) is 86.1 Å². The lowest BCUT2D eigenvalue weighted by molar-refractivity contribution is 0.0536. The Morgan fingerprint density at radius 3 is 2.33 bits per heavy atom. The van der Waals surface area contributed by atoms with Crippen LogP contribution in [0.15, 0.2) is 91.3 Å². The van der Waals surface area contributed by atoms with Crippen molar-refractivity contribution in [1.82, 2.24) is 28.8 Å². The van der Waals surface area contributed by atoms with E-state index in [4.69, 9.17) is 9.47 Å². The Balaban J connectivity index is 0.00000455. The Bertz CT molecular complexity index is 2490. The fourth-order valence-corrected chi connectivity index (χ4v) is 8.35. The number of rotatable bonds is 7. The number of hydrogen-bond donors (Lipinski definition) is 1. The van der Waals surface area contributed by atoms with Crippen LogP contribution in [0.4, 0.5) is 11.4 Å². The lowest BCUT2D eigenvalue weighted by atomic mass is 9.92. The van der Waals surface area contributed by atoms with Gasteiger partial charge >= 0.3 is 0 Å². The maximum atomic E-state index is 15.1. The summed E-state index contributed by atoms with van der Waals surface area (Å²) in [6, 6.07) is 24.4. The molecule has 0 aliphatic carbocycles. The van der Waals surface area contributed by atoms with Crippen LogP contribution in [0.2, 0.25) is 0 Å². The molecule has 3 aromatic carbocycles. The highest BCUT2D eigenvalue weighted by Gasteiger charge is 2.35. The first-order valence-electron chi connectivity index (χ1n) is 19.1. The topological polar surface area (TPSA) is 109 Å². The number of anilines is 2. The Hall–Kier alpha value is -5.82. The highest BCUT2D eigenvalue weighted by Crippen LogP contribution is 2.42. The van der Waals surface area contributed by atoms with Gasteiger partial charge in [0.25, 0.3) is 11.8 Å². The molecule has 0 spiro atoms. The number of fused-ring (bicyclic) bond motifs is 3. The number of pyridine rings is 1. The number of carbonyl (C=O) groups excluding carboxylic acids is 2. The lowest BCUT2D eigenvalue weighted by Gasteiger charge is -2.41. The zero-order chi connectivity index (χ0) is 38.7. The average Bonchev–Trinajstić information content (AvgIpc) is 3.91. The number of aromatic hydroxyl groups is 1. The number of benzene rings is 3. The summed E-state index contributed by atoms with van der Waals surface area (Å²) in [5, 5.41) is 11.0. The Morgan fingerprint density at radius 2 is 1.58 bits per heavy atom. The number of aromatic nitrogens is 3. The minimum atomic E-state index is -0.277. The molecule has 1 N–H and O–H groups in total. The average molecular weight is 788 g/mol. The van der Waals surface area contributed by atoms with Crippen LogP contribution >= 0.6 is 12.4 Å². The van der Waals surface area contributed by atoms with Crippen molar-refractivity contribution in [2.24, 2.45) is 14.1 Å². The molecular weight excluding hydrogens is 742 g/mol. The quantitative estimate of drug-likeness (QED) is 0.195. The molecule has 3 aromatic heterocycles. The van der Waals surface area contributed by atoms with Gasteiger partial charge in [-0.25, -0.2) is 4.98 Å². The molecule has 6 aromatic rings. The summed E-state index contributed by atoms with van der Waals surface area (Å²) in [5.41, 5.74) is 7.41. The Morgan fingerprint density at radius 1 is 0.860 bits per heavy atom. The third-order valence-corrected chi connectivity index (χ3v) is 11.7. The predicted molar refractivity (Wildman–Crippen MR) is 222 cm³/mol. The smallest absolute Gasteiger partial charge is 0.264 e. The molecule has 0 bridgehead atoms. The van der Waals surface area contributed by atoms with Crippen LogP contribution in [0.3, 0.4) is 0 Å². The van der Waals surface area contributed by atoms with Crippen LogP contribution in [0.5, 0.6) is 17.2 Å².